The number of carbonyl (C=O) groups is 3. The van der Waals surface area contributed by atoms with E-state index in [1.807, 2.05) is 6.07 Å². The van der Waals surface area contributed by atoms with Crippen LogP contribution in [0.1, 0.15) is 56.7 Å². The molecule has 1 amide bonds. The van der Waals surface area contributed by atoms with Gasteiger partial charge in [0.1, 0.15) is 28.2 Å². The van der Waals surface area contributed by atoms with E-state index in [1.165, 1.54) is 29.5 Å². The summed E-state index contributed by atoms with van der Waals surface area (Å²) in [5, 5.41) is 21.7. The number of hydrogen-bond donors (Lipinski definition) is 2. The average Bonchev–Trinajstić information content (AvgIpc) is 3.47. The van der Waals surface area contributed by atoms with Crippen LogP contribution in [0.2, 0.25) is 0 Å². The number of fused-ring (bicyclic) bond motifs is 1. The van der Waals surface area contributed by atoms with Crippen LogP contribution in [0.25, 0.3) is 17.4 Å². The van der Waals surface area contributed by atoms with Crippen LogP contribution in [0.4, 0.5) is 5.00 Å². The Bertz CT molecular complexity index is 1360. The summed E-state index contributed by atoms with van der Waals surface area (Å²) in [6.45, 7) is 1.95. The molecule has 4 rings (SSSR count). The highest BCUT2D eigenvalue weighted by atomic mass is 32.1. The number of nitrogens with zero attached hydrogens (tertiary/aromatic N) is 1. The lowest BCUT2D eigenvalue weighted by Gasteiger charge is -2.12. The van der Waals surface area contributed by atoms with Crippen molar-refractivity contribution in [3.63, 3.8) is 0 Å². The van der Waals surface area contributed by atoms with Gasteiger partial charge >= 0.3 is 11.9 Å². The molecule has 1 aliphatic rings. The van der Waals surface area contributed by atoms with Gasteiger partial charge in [0.05, 0.1) is 17.7 Å². The maximum absolute atomic E-state index is 12.9. The van der Waals surface area contributed by atoms with Gasteiger partial charge in [-0.25, -0.2) is 9.59 Å². The summed E-state index contributed by atoms with van der Waals surface area (Å²) in [6.07, 6.45) is 4.90. The van der Waals surface area contributed by atoms with Crippen molar-refractivity contribution in [1.29, 1.82) is 5.26 Å². The highest BCUT2D eigenvalue weighted by Gasteiger charge is 2.28. The first-order valence-electron chi connectivity index (χ1n) is 11.1. The van der Waals surface area contributed by atoms with Crippen molar-refractivity contribution in [2.24, 2.45) is 0 Å². The van der Waals surface area contributed by atoms with Gasteiger partial charge in [-0.05, 0) is 62.4 Å². The minimum atomic E-state index is -1.03. The Morgan fingerprint density at radius 1 is 1.17 bits per heavy atom. The predicted octanol–water partition coefficient (Wildman–Crippen LogP) is 5.31. The van der Waals surface area contributed by atoms with Crippen molar-refractivity contribution in [2.45, 2.75) is 32.6 Å². The summed E-state index contributed by atoms with van der Waals surface area (Å²) >= 11 is 1.35. The number of hydrogen-bond acceptors (Lipinski definition) is 7. The Morgan fingerprint density at radius 2 is 1.91 bits per heavy atom. The van der Waals surface area contributed by atoms with Gasteiger partial charge in [-0.15, -0.1) is 11.3 Å². The SMILES string of the molecule is CCOC(=O)c1c(NC(=O)C(C#N)=Cc2ccc(-c3ccc(C(=O)O)cc3)o2)sc2c1CCCC2. The first-order valence-corrected chi connectivity index (χ1v) is 11.9. The molecule has 0 atom stereocenters. The van der Waals surface area contributed by atoms with E-state index < -0.39 is 17.8 Å². The standard InChI is InChI=1S/C26H22N2O6S/c1-2-33-26(32)22-19-5-3-4-6-21(19)35-24(22)28-23(29)17(14-27)13-18-11-12-20(34-18)15-7-9-16(10-8-15)25(30)31/h7-13H,2-6H2,1H3,(H,28,29)(H,30,31). The van der Waals surface area contributed by atoms with Crippen molar-refractivity contribution in [3.8, 4) is 17.4 Å². The van der Waals surface area contributed by atoms with Gasteiger partial charge in [-0.1, -0.05) is 12.1 Å². The molecule has 8 nitrogen and oxygen atoms in total. The fourth-order valence-corrected chi connectivity index (χ4v) is 5.17. The van der Waals surface area contributed by atoms with E-state index in [2.05, 4.69) is 5.32 Å². The Morgan fingerprint density at radius 3 is 2.60 bits per heavy atom. The summed E-state index contributed by atoms with van der Waals surface area (Å²) < 4.78 is 10.9. The highest BCUT2D eigenvalue weighted by Crippen LogP contribution is 2.39. The molecular weight excluding hydrogens is 468 g/mol. The lowest BCUT2D eigenvalue weighted by atomic mass is 9.95. The summed E-state index contributed by atoms with van der Waals surface area (Å²) in [4.78, 5) is 37.6. The second kappa shape index (κ2) is 10.4. The monoisotopic (exact) mass is 490 g/mol. The van der Waals surface area contributed by atoms with E-state index in [0.717, 1.165) is 36.1 Å². The van der Waals surface area contributed by atoms with E-state index in [4.69, 9.17) is 14.3 Å². The van der Waals surface area contributed by atoms with Crippen LogP contribution in [0.3, 0.4) is 0 Å². The number of aryl methyl sites for hydroxylation is 1. The highest BCUT2D eigenvalue weighted by molar-refractivity contribution is 7.17. The van der Waals surface area contributed by atoms with E-state index in [-0.39, 0.29) is 23.5 Å². The second-order valence-corrected chi connectivity index (χ2v) is 8.95. The molecule has 2 heterocycles. The zero-order valence-corrected chi connectivity index (χ0v) is 19.7. The molecule has 0 radical (unpaired) electrons. The Labute approximate surface area is 205 Å². The lowest BCUT2D eigenvalue weighted by Crippen LogP contribution is -2.16. The molecule has 0 fully saturated rings. The van der Waals surface area contributed by atoms with Gasteiger partial charge in [0.25, 0.3) is 5.91 Å². The fourth-order valence-electron chi connectivity index (χ4n) is 3.90. The largest absolute Gasteiger partial charge is 0.478 e. The number of amides is 1. The summed E-state index contributed by atoms with van der Waals surface area (Å²) in [5.41, 5.74) is 1.92. The molecule has 0 aliphatic heterocycles. The Hall–Kier alpha value is -4.16. The van der Waals surface area contributed by atoms with Gasteiger partial charge in [0.2, 0.25) is 0 Å². The third kappa shape index (κ3) is 5.18. The number of nitrogens with one attached hydrogen (secondary N) is 1. The van der Waals surface area contributed by atoms with E-state index >= 15 is 0 Å². The molecule has 1 aliphatic carbocycles. The van der Waals surface area contributed by atoms with Gasteiger partial charge < -0.3 is 19.6 Å². The zero-order valence-electron chi connectivity index (χ0n) is 18.9. The average molecular weight is 491 g/mol. The lowest BCUT2D eigenvalue weighted by molar-refractivity contribution is -0.112. The maximum atomic E-state index is 12.9. The molecule has 9 heteroatoms. The third-order valence-electron chi connectivity index (χ3n) is 5.57. The molecule has 2 N–H and O–H groups in total. The molecule has 0 unspecified atom stereocenters. The van der Waals surface area contributed by atoms with Gasteiger partial charge in [0, 0.05) is 16.5 Å². The van der Waals surface area contributed by atoms with Crippen LogP contribution in [-0.4, -0.2) is 29.6 Å². The molecule has 0 bridgehead atoms. The van der Waals surface area contributed by atoms with Crippen LogP contribution in [0, 0.1) is 11.3 Å². The number of nitriles is 1. The van der Waals surface area contributed by atoms with Crippen molar-refractivity contribution in [1.82, 2.24) is 0 Å². The minimum absolute atomic E-state index is 0.154. The number of carbonyl (C=O) groups excluding carboxylic acids is 2. The second-order valence-electron chi connectivity index (χ2n) is 7.84. The number of anilines is 1. The molecule has 0 saturated carbocycles. The van der Waals surface area contributed by atoms with Gasteiger partial charge in [-0.3, -0.25) is 4.79 Å². The molecule has 1 aromatic carbocycles. The number of ether oxygens (including phenoxy) is 1. The number of carboxylic acid groups (broad SMARTS) is 1. The summed E-state index contributed by atoms with van der Waals surface area (Å²) in [5.74, 6) is -1.41. The van der Waals surface area contributed by atoms with Crippen molar-refractivity contribution >= 4 is 40.3 Å². The molecule has 0 spiro atoms. The summed E-state index contributed by atoms with van der Waals surface area (Å²) in [7, 11) is 0. The minimum Gasteiger partial charge on any atom is -0.478 e. The van der Waals surface area contributed by atoms with E-state index in [1.54, 1.807) is 31.2 Å². The van der Waals surface area contributed by atoms with Crippen LogP contribution >= 0.6 is 11.3 Å². The van der Waals surface area contributed by atoms with E-state index in [0.29, 0.717) is 21.9 Å². The number of benzene rings is 1. The molecule has 178 valence electrons. The number of aromatic carboxylic acids is 1. The zero-order chi connectivity index (χ0) is 24.9. The van der Waals surface area contributed by atoms with Crippen molar-refractivity contribution in [2.75, 3.05) is 11.9 Å². The number of rotatable bonds is 7. The smallest absolute Gasteiger partial charge is 0.341 e. The number of esters is 1. The molecule has 3 aromatic rings. The van der Waals surface area contributed by atoms with Crippen molar-refractivity contribution in [3.05, 3.63) is 69.3 Å². The fraction of sp³-hybridized carbons (Fsp3) is 0.231. The van der Waals surface area contributed by atoms with Crippen LogP contribution in [0.5, 0.6) is 0 Å². The molecule has 2 aromatic heterocycles. The first kappa shape index (κ1) is 24.0. The van der Waals surface area contributed by atoms with Crippen LogP contribution in [0.15, 0.2) is 46.4 Å². The van der Waals surface area contributed by atoms with Gasteiger partial charge in [0.15, 0.2) is 0 Å². The number of thiophene rings is 1. The summed E-state index contributed by atoms with van der Waals surface area (Å²) in [6, 6.07) is 11.3. The maximum Gasteiger partial charge on any atom is 0.341 e. The molecule has 35 heavy (non-hydrogen) atoms. The van der Waals surface area contributed by atoms with Crippen LogP contribution in [-0.2, 0) is 22.4 Å². The number of carboxylic acids is 1. The normalized spacial score (nSPS) is 13.0. The topological polar surface area (TPSA) is 130 Å². The van der Waals surface area contributed by atoms with Crippen molar-refractivity contribution < 1.29 is 28.6 Å². The Kier molecular flexibility index (Phi) is 7.13. The van der Waals surface area contributed by atoms with Crippen LogP contribution < -0.4 is 5.32 Å². The third-order valence-corrected chi connectivity index (χ3v) is 6.78. The first-order chi connectivity index (χ1) is 16.9. The predicted molar refractivity (Wildman–Crippen MR) is 130 cm³/mol. The molecule has 0 saturated heterocycles. The Balaban J connectivity index is 1.57. The van der Waals surface area contributed by atoms with E-state index in [9.17, 15) is 19.6 Å². The quantitative estimate of drug-likeness (QED) is 0.261. The molecular formula is C26H22N2O6S. The van der Waals surface area contributed by atoms with Gasteiger partial charge in [-0.2, -0.15) is 5.26 Å². The number of furan rings is 1.